The van der Waals surface area contributed by atoms with Gasteiger partial charge >= 0.3 is 0 Å². The van der Waals surface area contributed by atoms with Crippen molar-refractivity contribution in [1.82, 2.24) is 0 Å². The molecule has 10 rings (SSSR count). The molecule has 8 aromatic rings. The number of rotatable bonds is 4. The minimum Gasteiger partial charge on any atom is -0.341 e. The Balaban J connectivity index is 1.32. The van der Waals surface area contributed by atoms with Gasteiger partial charge in [0, 0.05) is 35.8 Å². The van der Waals surface area contributed by atoms with E-state index in [1.165, 1.54) is 99.6 Å². The molecular weight excluding hydrogens is 629 g/mol. The Bertz CT molecular complexity index is 2660. The number of para-hydroxylation sites is 2. The van der Waals surface area contributed by atoms with Gasteiger partial charge in [-0.2, -0.15) is 0 Å². The van der Waals surface area contributed by atoms with Crippen LogP contribution in [0.1, 0.15) is 35.1 Å². The van der Waals surface area contributed by atoms with Crippen LogP contribution in [-0.4, -0.2) is 13.1 Å². The fraction of sp³-hybridized carbons (Fsp3) is 0.160. The molecule has 0 spiro atoms. The third kappa shape index (κ3) is 5.08. The first-order valence-electron chi connectivity index (χ1n) is 18.9. The standard InChI is InChI=1S/C50H42N2/c1-33-28-34(2)30-38(29-33)49-43-24-22-40(52-27-11-17-37-14-5-8-21-48(37)52)32-46(43)50(42-19-9-15-35-12-3-6-18-41(35)42)44-25-23-39(31-45(44)49)51-26-10-16-36-13-4-7-20-47(36)51/h3-9,12-15,18-25,28-32H,10-11,16-17,26-27H2,1-2H3. The van der Waals surface area contributed by atoms with Crippen molar-refractivity contribution in [3.8, 4) is 22.3 Å². The smallest absolute Gasteiger partial charge is 0.0443 e. The van der Waals surface area contributed by atoms with Gasteiger partial charge in [0.25, 0.3) is 0 Å². The molecule has 2 aliphatic rings. The number of hydrogen-bond donors (Lipinski definition) is 0. The Morgan fingerprint density at radius 2 is 0.962 bits per heavy atom. The van der Waals surface area contributed by atoms with E-state index in [0.717, 1.165) is 38.8 Å². The quantitative estimate of drug-likeness (QED) is 0.172. The Kier molecular flexibility index (Phi) is 7.39. The summed E-state index contributed by atoms with van der Waals surface area (Å²) in [5.74, 6) is 0. The minimum absolute atomic E-state index is 1.02. The predicted octanol–water partition coefficient (Wildman–Crippen LogP) is 13.3. The SMILES string of the molecule is Cc1cc(C)cc(-c2c3cc(N4CCCc5ccccc54)ccc3c(-c3cccc4ccccc34)c3cc(N4CCCc5ccccc54)ccc23)c1. The minimum atomic E-state index is 1.02. The summed E-state index contributed by atoms with van der Waals surface area (Å²) < 4.78 is 0. The third-order valence-electron chi connectivity index (χ3n) is 11.5. The van der Waals surface area contributed by atoms with Crippen LogP contribution in [0.15, 0.2) is 146 Å². The van der Waals surface area contributed by atoms with Gasteiger partial charge in [-0.15, -0.1) is 0 Å². The zero-order chi connectivity index (χ0) is 34.8. The number of aryl methyl sites for hydroxylation is 4. The Labute approximate surface area is 306 Å². The molecule has 0 bridgehead atoms. The maximum Gasteiger partial charge on any atom is 0.0443 e. The van der Waals surface area contributed by atoms with Crippen LogP contribution in [0.4, 0.5) is 22.7 Å². The molecule has 0 saturated heterocycles. The van der Waals surface area contributed by atoms with E-state index in [1.54, 1.807) is 0 Å². The second-order valence-electron chi connectivity index (χ2n) is 14.9. The second kappa shape index (κ2) is 12.4. The molecule has 0 fully saturated rings. The lowest BCUT2D eigenvalue weighted by Gasteiger charge is -2.32. The lowest BCUT2D eigenvalue weighted by molar-refractivity contribution is 0.767. The molecule has 0 saturated carbocycles. The molecule has 2 heteroatoms. The van der Waals surface area contributed by atoms with Gasteiger partial charge in [0.2, 0.25) is 0 Å². The van der Waals surface area contributed by atoms with Crippen LogP contribution in [0.3, 0.4) is 0 Å². The van der Waals surface area contributed by atoms with Gasteiger partial charge < -0.3 is 9.80 Å². The molecule has 0 aliphatic carbocycles. The van der Waals surface area contributed by atoms with Gasteiger partial charge in [0.15, 0.2) is 0 Å². The highest BCUT2D eigenvalue weighted by atomic mass is 15.1. The molecule has 2 nitrogen and oxygen atoms in total. The van der Waals surface area contributed by atoms with E-state index in [0.29, 0.717) is 0 Å². The molecule has 52 heavy (non-hydrogen) atoms. The monoisotopic (exact) mass is 670 g/mol. The fourth-order valence-corrected chi connectivity index (χ4v) is 9.31. The van der Waals surface area contributed by atoms with E-state index in [4.69, 9.17) is 0 Å². The van der Waals surface area contributed by atoms with Crippen LogP contribution in [-0.2, 0) is 12.8 Å². The van der Waals surface area contributed by atoms with Crippen LogP contribution in [0.25, 0.3) is 54.6 Å². The van der Waals surface area contributed by atoms with Gasteiger partial charge in [-0.05, 0) is 142 Å². The molecule has 0 radical (unpaired) electrons. The molecule has 0 N–H and O–H groups in total. The summed E-state index contributed by atoms with van der Waals surface area (Å²) in [5.41, 5.74) is 15.8. The van der Waals surface area contributed by atoms with E-state index in [-0.39, 0.29) is 0 Å². The van der Waals surface area contributed by atoms with Gasteiger partial charge in [0.05, 0.1) is 0 Å². The number of nitrogens with zero attached hydrogens (tertiary/aromatic N) is 2. The summed E-state index contributed by atoms with van der Waals surface area (Å²) in [6.07, 6.45) is 4.57. The van der Waals surface area contributed by atoms with Crippen LogP contribution < -0.4 is 9.80 Å². The number of hydrogen-bond acceptors (Lipinski definition) is 2. The van der Waals surface area contributed by atoms with Crippen LogP contribution >= 0.6 is 0 Å². The van der Waals surface area contributed by atoms with Gasteiger partial charge in [-0.25, -0.2) is 0 Å². The first kappa shape index (κ1) is 30.9. The van der Waals surface area contributed by atoms with E-state index >= 15 is 0 Å². The van der Waals surface area contributed by atoms with Crippen molar-refractivity contribution in [2.45, 2.75) is 39.5 Å². The predicted molar refractivity (Wildman–Crippen MR) is 223 cm³/mol. The Hall–Kier alpha value is -5.86. The highest BCUT2D eigenvalue weighted by Gasteiger charge is 2.24. The number of anilines is 4. The van der Waals surface area contributed by atoms with Crippen molar-refractivity contribution < 1.29 is 0 Å². The summed E-state index contributed by atoms with van der Waals surface area (Å²) in [7, 11) is 0. The molecule has 252 valence electrons. The van der Waals surface area contributed by atoms with Crippen LogP contribution in [0, 0.1) is 13.8 Å². The summed E-state index contributed by atoms with van der Waals surface area (Å²) >= 11 is 0. The van der Waals surface area contributed by atoms with Crippen LogP contribution in [0.5, 0.6) is 0 Å². The topological polar surface area (TPSA) is 6.48 Å². The lowest BCUT2D eigenvalue weighted by Crippen LogP contribution is -2.24. The van der Waals surface area contributed by atoms with Crippen molar-refractivity contribution in [3.05, 3.63) is 168 Å². The molecule has 2 aliphatic heterocycles. The number of fused-ring (bicyclic) bond motifs is 5. The first-order valence-corrected chi connectivity index (χ1v) is 18.9. The zero-order valence-electron chi connectivity index (χ0n) is 30.0. The summed E-state index contributed by atoms with van der Waals surface area (Å²) in [6.45, 7) is 6.50. The highest BCUT2D eigenvalue weighted by Crippen LogP contribution is 2.49. The normalized spacial score (nSPS) is 14.2. The highest BCUT2D eigenvalue weighted by molar-refractivity contribution is 6.24. The molecule has 0 aromatic heterocycles. The fourth-order valence-electron chi connectivity index (χ4n) is 9.31. The van der Waals surface area contributed by atoms with Crippen molar-refractivity contribution in [2.24, 2.45) is 0 Å². The van der Waals surface area contributed by atoms with Crippen molar-refractivity contribution in [1.29, 1.82) is 0 Å². The van der Waals surface area contributed by atoms with Gasteiger partial charge in [0.1, 0.15) is 0 Å². The zero-order valence-corrected chi connectivity index (χ0v) is 30.0. The molecule has 0 atom stereocenters. The van der Waals surface area contributed by atoms with E-state index < -0.39 is 0 Å². The van der Waals surface area contributed by atoms with E-state index in [2.05, 4.69) is 169 Å². The van der Waals surface area contributed by atoms with E-state index in [9.17, 15) is 0 Å². The maximum absolute atomic E-state index is 2.54. The van der Waals surface area contributed by atoms with Crippen molar-refractivity contribution >= 4 is 55.1 Å². The average Bonchev–Trinajstić information content (AvgIpc) is 3.18. The lowest BCUT2D eigenvalue weighted by atomic mass is 9.83. The molecule has 8 aromatic carbocycles. The molecule has 0 amide bonds. The summed E-state index contributed by atoms with van der Waals surface area (Å²) in [5, 5.41) is 7.75. The van der Waals surface area contributed by atoms with Gasteiger partial charge in [-0.3, -0.25) is 0 Å². The average molecular weight is 671 g/mol. The van der Waals surface area contributed by atoms with Crippen molar-refractivity contribution in [3.63, 3.8) is 0 Å². The molecule has 0 unspecified atom stereocenters. The Morgan fingerprint density at radius 1 is 0.423 bits per heavy atom. The van der Waals surface area contributed by atoms with Crippen LogP contribution in [0.2, 0.25) is 0 Å². The summed E-state index contributed by atoms with van der Waals surface area (Å²) in [4.78, 5) is 5.09. The number of benzene rings is 8. The maximum atomic E-state index is 2.54. The van der Waals surface area contributed by atoms with Gasteiger partial charge in [-0.1, -0.05) is 120 Å². The Morgan fingerprint density at radius 3 is 1.62 bits per heavy atom. The second-order valence-corrected chi connectivity index (χ2v) is 14.9. The largest absolute Gasteiger partial charge is 0.341 e. The molecule has 2 heterocycles. The summed E-state index contributed by atoms with van der Waals surface area (Å²) in [6, 6.07) is 55.3. The third-order valence-corrected chi connectivity index (χ3v) is 11.5. The van der Waals surface area contributed by atoms with E-state index in [1.807, 2.05) is 0 Å². The first-order chi connectivity index (χ1) is 25.6. The molecular formula is C50H42N2. The van der Waals surface area contributed by atoms with Crippen molar-refractivity contribution in [2.75, 3.05) is 22.9 Å².